The van der Waals surface area contributed by atoms with Gasteiger partial charge in [0.1, 0.15) is 5.69 Å². The molecule has 24 heavy (non-hydrogen) atoms. The number of rotatable bonds is 4. The zero-order chi connectivity index (χ0) is 16.4. The summed E-state index contributed by atoms with van der Waals surface area (Å²) in [6, 6.07) is 14.2. The third-order valence-electron chi connectivity index (χ3n) is 4.33. The van der Waals surface area contributed by atoms with Gasteiger partial charge >= 0.3 is 0 Å². The Morgan fingerprint density at radius 1 is 1.08 bits per heavy atom. The maximum Gasteiger partial charge on any atom is 0.257 e. The van der Waals surface area contributed by atoms with E-state index in [0.717, 1.165) is 42.1 Å². The summed E-state index contributed by atoms with van der Waals surface area (Å²) in [4.78, 5) is 15.9. The van der Waals surface area contributed by atoms with Crippen LogP contribution >= 0.6 is 11.3 Å². The fourth-order valence-corrected chi connectivity index (χ4v) is 3.84. The number of aromatic nitrogens is 2. The zero-order valence-electron chi connectivity index (χ0n) is 13.4. The first-order chi connectivity index (χ1) is 11.8. The molecule has 5 heteroatoms. The summed E-state index contributed by atoms with van der Waals surface area (Å²) in [5.74, 6) is 0.107. The van der Waals surface area contributed by atoms with Gasteiger partial charge in [-0.3, -0.25) is 9.48 Å². The minimum Gasteiger partial charge on any atom is -0.339 e. The number of carbonyl (C=O) groups is 1. The highest BCUT2D eigenvalue weighted by molar-refractivity contribution is 7.13. The van der Waals surface area contributed by atoms with Crippen LogP contribution in [-0.2, 0) is 6.54 Å². The van der Waals surface area contributed by atoms with Crippen molar-refractivity contribution in [2.75, 3.05) is 13.1 Å². The lowest BCUT2D eigenvalue weighted by molar-refractivity contribution is 0.0793. The van der Waals surface area contributed by atoms with Crippen molar-refractivity contribution >= 4 is 17.2 Å². The Bertz CT molecular complexity index is 818. The molecule has 1 fully saturated rings. The van der Waals surface area contributed by atoms with Gasteiger partial charge in [0.15, 0.2) is 0 Å². The van der Waals surface area contributed by atoms with Crippen LogP contribution in [0.2, 0.25) is 0 Å². The van der Waals surface area contributed by atoms with Crippen LogP contribution in [0.5, 0.6) is 0 Å². The normalized spacial score (nSPS) is 14.2. The van der Waals surface area contributed by atoms with Gasteiger partial charge in [-0.05, 0) is 29.9 Å². The molecule has 0 unspecified atom stereocenters. The summed E-state index contributed by atoms with van der Waals surface area (Å²) < 4.78 is 1.88. The van der Waals surface area contributed by atoms with Crippen molar-refractivity contribution in [3.05, 3.63) is 65.2 Å². The Hall–Kier alpha value is -2.40. The average Bonchev–Trinajstić information content (AvgIpc) is 3.36. The molecule has 1 aliphatic rings. The molecule has 0 bridgehead atoms. The third kappa shape index (κ3) is 2.99. The minimum atomic E-state index is 0.107. The van der Waals surface area contributed by atoms with Crippen molar-refractivity contribution in [3.8, 4) is 10.6 Å². The molecule has 0 N–H and O–H groups in total. The summed E-state index contributed by atoms with van der Waals surface area (Å²) in [6.45, 7) is 2.38. The second-order valence-electron chi connectivity index (χ2n) is 6.05. The number of thiophene rings is 1. The molecule has 1 aromatic carbocycles. The molecule has 4 nitrogen and oxygen atoms in total. The molecule has 0 saturated carbocycles. The highest BCUT2D eigenvalue weighted by Gasteiger charge is 2.25. The van der Waals surface area contributed by atoms with Crippen LogP contribution in [0.4, 0.5) is 0 Å². The first-order valence-corrected chi connectivity index (χ1v) is 9.14. The molecule has 3 aromatic rings. The number of likely N-dealkylation sites (tertiary alicyclic amines) is 1. The molecular weight excluding hydrogens is 318 g/mol. The Balaban J connectivity index is 1.69. The fraction of sp³-hybridized carbons (Fsp3) is 0.263. The van der Waals surface area contributed by atoms with Crippen LogP contribution in [0.1, 0.15) is 28.8 Å². The SMILES string of the molecule is O=C(c1cn(Cc2ccccc2)nc1-c1cccs1)N1CCCC1. The standard InChI is InChI=1S/C19H19N3OS/c23-19(21-10-4-5-11-21)16-14-22(13-15-7-2-1-3-8-15)20-18(16)17-9-6-12-24-17/h1-3,6-9,12,14H,4-5,10-11,13H2. The first-order valence-electron chi connectivity index (χ1n) is 8.26. The van der Waals surface area contributed by atoms with Crippen LogP contribution in [-0.4, -0.2) is 33.7 Å². The molecule has 0 aliphatic carbocycles. The van der Waals surface area contributed by atoms with E-state index in [2.05, 4.69) is 12.1 Å². The van der Waals surface area contributed by atoms with Gasteiger partial charge in [-0.2, -0.15) is 5.10 Å². The number of nitrogens with zero attached hydrogens (tertiary/aromatic N) is 3. The average molecular weight is 337 g/mol. The van der Waals surface area contributed by atoms with E-state index in [1.165, 1.54) is 5.56 Å². The summed E-state index contributed by atoms with van der Waals surface area (Å²) in [5, 5.41) is 6.74. The highest BCUT2D eigenvalue weighted by atomic mass is 32.1. The second kappa shape index (κ2) is 6.61. The van der Waals surface area contributed by atoms with Crippen molar-refractivity contribution in [3.63, 3.8) is 0 Å². The molecule has 1 amide bonds. The van der Waals surface area contributed by atoms with Gasteiger partial charge < -0.3 is 4.90 Å². The van der Waals surface area contributed by atoms with Crippen LogP contribution in [0.15, 0.2) is 54.0 Å². The van der Waals surface area contributed by atoms with E-state index in [4.69, 9.17) is 5.10 Å². The van der Waals surface area contributed by atoms with E-state index in [0.29, 0.717) is 6.54 Å². The summed E-state index contributed by atoms with van der Waals surface area (Å²) >= 11 is 1.62. The van der Waals surface area contributed by atoms with E-state index in [9.17, 15) is 4.79 Å². The van der Waals surface area contributed by atoms with Crippen LogP contribution in [0.3, 0.4) is 0 Å². The largest absolute Gasteiger partial charge is 0.339 e. The monoisotopic (exact) mass is 337 g/mol. The van der Waals surface area contributed by atoms with E-state index in [1.807, 2.05) is 51.5 Å². The number of amides is 1. The molecule has 4 rings (SSSR count). The van der Waals surface area contributed by atoms with E-state index >= 15 is 0 Å². The maximum atomic E-state index is 12.9. The molecule has 2 aromatic heterocycles. The van der Waals surface area contributed by atoms with Crippen molar-refractivity contribution in [2.45, 2.75) is 19.4 Å². The first kappa shape index (κ1) is 15.1. The van der Waals surface area contributed by atoms with Gasteiger partial charge in [0, 0.05) is 19.3 Å². The van der Waals surface area contributed by atoms with Gasteiger partial charge in [0.25, 0.3) is 5.91 Å². The lowest BCUT2D eigenvalue weighted by Crippen LogP contribution is -2.27. The quantitative estimate of drug-likeness (QED) is 0.724. The zero-order valence-corrected chi connectivity index (χ0v) is 14.2. The number of hydrogen-bond donors (Lipinski definition) is 0. The Kier molecular flexibility index (Phi) is 4.17. The minimum absolute atomic E-state index is 0.107. The summed E-state index contributed by atoms with van der Waals surface area (Å²) in [6.07, 6.45) is 4.10. The van der Waals surface area contributed by atoms with Crippen molar-refractivity contribution < 1.29 is 4.79 Å². The molecule has 1 saturated heterocycles. The molecule has 122 valence electrons. The van der Waals surface area contributed by atoms with Crippen LogP contribution < -0.4 is 0 Å². The third-order valence-corrected chi connectivity index (χ3v) is 5.20. The van der Waals surface area contributed by atoms with Crippen LogP contribution in [0.25, 0.3) is 10.6 Å². The second-order valence-corrected chi connectivity index (χ2v) is 7.00. The van der Waals surface area contributed by atoms with Crippen LogP contribution in [0, 0.1) is 0 Å². The lowest BCUT2D eigenvalue weighted by atomic mass is 10.2. The summed E-state index contributed by atoms with van der Waals surface area (Å²) in [5.41, 5.74) is 2.70. The maximum absolute atomic E-state index is 12.9. The van der Waals surface area contributed by atoms with E-state index < -0.39 is 0 Å². The van der Waals surface area contributed by atoms with Crippen molar-refractivity contribution in [2.24, 2.45) is 0 Å². The topological polar surface area (TPSA) is 38.1 Å². The number of hydrogen-bond acceptors (Lipinski definition) is 3. The van der Waals surface area contributed by atoms with Crippen molar-refractivity contribution in [1.82, 2.24) is 14.7 Å². The van der Waals surface area contributed by atoms with E-state index in [1.54, 1.807) is 11.3 Å². The lowest BCUT2D eigenvalue weighted by Gasteiger charge is -2.14. The number of carbonyl (C=O) groups excluding carboxylic acids is 1. The fourth-order valence-electron chi connectivity index (χ4n) is 3.12. The smallest absolute Gasteiger partial charge is 0.257 e. The Morgan fingerprint density at radius 2 is 1.88 bits per heavy atom. The Labute approximate surface area is 145 Å². The summed E-state index contributed by atoms with van der Waals surface area (Å²) in [7, 11) is 0. The molecule has 3 heterocycles. The van der Waals surface area contributed by atoms with Crippen molar-refractivity contribution in [1.29, 1.82) is 0 Å². The van der Waals surface area contributed by atoms with Gasteiger partial charge in [0.05, 0.1) is 17.0 Å². The predicted molar refractivity (Wildman–Crippen MR) is 96.2 cm³/mol. The number of benzene rings is 1. The predicted octanol–water partition coefficient (Wildman–Crippen LogP) is 3.90. The molecule has 1 aliphatic heterocycles. The van der Waals surface area contributed by atoms with E-state index in [-0.39, 0.29) is 5.91 Å². The van der Waals surface area contributed by atoms with Gasteiger partial charge in [0.2, 0.25) is 0 Å². The van der Waals surface area contributed by atoms with Gasteiger partial charge in [-0.1, -0.05) is 36.4 Å². The highest BCUT2D eigenvalue weighted by Crippen LogP contribution is 2.28. The molecule has 0 radical (unpaired) electrons. The molecule has 0 spiro atoms. The van der Waals surface area contributed by atoms with Gasteiger partial charge in [-0.15, -0.1) is 11.3 Å². The molecular formula is C19H19N3OS. The Morgan fingerprint density at radius 3 is 2.58 bits per heavy atom. The van der Waals surface area contributed by atoms with Gasteiger partial charge in [-0.25, -0.2) is 0 Å². The molecule has 0 atom stereocenters.